The molecule has 2 nitrogen and oxygen atoms in total. The highest BCUT2D eigenvalue weighted by Crippen LogP contribution is 2.32. The lowest BCUT2D eigenvalue weighted by atomic mass is 10.1. The van der Waals surface area contributed by atoms with Crippen LogP contribution in [0, 0.1) is 13.8 Å². The molecule has 3 heteroatoms. The van der Waals surface area contributed by atoms with Gasteiger partial charge < -0.3 is 9.84 Å². The summed E-state index contributed by atoms with van der Waals surface area (Å²) in [6.07, 6.45) is -0.547. The summed E-state index contributed by atoms with van der Waals surface area (Å²) in [4.78, 5) is 0. The van der Waals surface area contributed by atoms with Gasteiger partial charge in [0.1, 0.15) is 11.5 Å². The van der Waals surface area contributed by atoms with Gasteiger partial charge in [0.15, 0.2) is 0 Å². The van der Waals surface area contributed by atoms with Gasteiger partial charge in [-0.1, -0.05) is 34.1 Å². The molecule has 0 saturated carbocycles. The van der Waals surface area contributed by atoms with Gasteiger partial charge in [0.05, 0.1) is 6.10 Å². The molecule has 100 valence electrons. The Balaban J connectivity index is 2.37. The average molecular weight is 321 g/mol. The van der Waals surface area contributed by atoms with E-state index in [1.165, 1.54) is 0 Å². The van der Waals surface area contributed by atoms with Crippen molar-refractivity contribution in [1.29, 1.82) is 0 Å². The zero-order chi connectivity index (χ0) is 14.0. The van der Waals surface area contributed by atoms with E-state index in [0.717, 1.165) is 26.9 Å². The van der Waals surface area contributed by atoms with E-state index in [0.29, 0.717) is 5.75 Å². The minimum Gasteiger partial charge on any atom is -0.457 e. The number of aryl methyl sites for hydroxylation is 2. The van der Waals surface area contributed by atoms with Gasteiger partial charge in [-0.25, -0.2) is 0 Å². The molecule has 0 fully saturated rings. The summed E-state index contributed by atoms with van der Waals surface area (Å²) in [7, 11) is 0. The average Bonchev–Trinajstić information content (AvgIpc) is 2.36. The number of rotatable bonds is 3. The summed E-state index contributed by atoms with van der Waals surface area (Å²) in [5.74, 6) is 1.48. The topological polar surface area (TPSA) is 29.5 Å². The van der Waals surface area contributed by atoms with Crippen LogP contribution in [-0.2, 0) is 0 Å². The molecule has 2 aromatic carbocycles. The number of hydrogen-bond acceptors (Lipinski definition) is 2. The molecule has 0 aliphatic rings. The van der Waals surface area contributed by atoms with Crippen LogP contribution in [-0.4, -0.2) is 5.11 Å². The molecule has 19 heavy (non-hydrogen) atoms. The molecule has 1 unspecified atom stereocenters. The number of aliphatic hydroxyl groups is 1. The van der Waals surface area contributed by atoms with E-state index in [9.17, 15) is 5.11 Å². The maximum absolute atomic E-state index is 9.75. The Labute approximate surface area is 122 Å². The van der Waals surface area contributed by atoms with Crippen LogP contribution >= 0.6 is 15.9 Å². The van der Waals surface area contributed by atoms with Crippen LogP contribution in [0.2, 0.25) is 0 Å². The number of para-hydroxylation sites is 1. The largest absolute Gasteiger partial charge is 0.457 e. The van der Waals surface area contributed by atoms with Gasteiger partial charge in [0.25, 0.3) is 0 Å². The first-order valence-electron chi connectivity index (χ1n) is 6.20. The molecule has 2 aromatic rings. The van der Waals surface area contributed by atoms with Crippen molar-refractivity contribution in [2.75, 3.05) is 0 Å². The summed E-state index contributed by atoms with van der Waals surface area (Å²) >= 11 is 3.54. The summed E-state index contributed by atoms with van der Waals surface area (Å²) < 4.78 is 7.01. The number of benzene rings is 2. The van der Waals surface area contributed by atoms with Gasteiger partial charge in [-0.3, -0.25) is 0 Å². The van der Waals surface area contributed by atoms with Gasteiger partial charge in [0.2, 0.25) is 0 Å². The van der Waals surface area contributed by atoms with Crippen molar-refractivity contribution in [2.24, 2.45) is 0 Å². The third-order valence-electron chi connectivity index (χ3n) is 3.01. The molecule has 0 aliphatic heterocycles. The van der Waals surface area contributed by atoms with Crippen molar-refractivity contribution in [3.63, 3.8) is 0 Å². The maximum Gasteiger partial charge on any atom is 0.133 e. The third kappa shape index (κ3) is 3.17. The standard InChI is InChI=1S/C16H17BrO2/c1-10-8-13(9-11(2)16(10)17)19-15-7-5-4-6-14(15)12(3)18/h4-9,12,18H,1-3H3. The van der Waals surface area contributed by atoms with Gasteiger partial charge in [-0.2, -0.15) is 0 Å². The van der Waals surface area contributed by atoms with Gasteiger partial charge in [0, 0.05) is 10.0 Å². The van der Waals surface area contributed by atoms with Crippen LogP contribution in [0.4, 0.5) is 0 Å². The van der Waals surface area contributed by atoms with Crippen molar-refractivity contribution in [3.05, 3.63) is 57.6 Å². The second-order valence-corrected chi connectivity index (χ2v) is 5.48. The lowest BCUT2D eigenvalue weighted by Crippen LogP contribution is -1.96. The van der Waals surface area contributed by atoms with Crippen molar-refractivity contribution in [1.82, 2.24) is 0 Å². The quantitative estimate of drug-likeness (QED) is 0.870. The van der Waals surface area contributed by atoms with Crippen LogP contribution in [0.3, 0.4) is 0 Å². The predicted octanol–water partition coefficient (Wildman–Crippen LogP) is 4.91. The molecule has 0 heterocycles. The summed E-state index contributed by atoms with van der Waals surface area (Å²) in [5.41, 5.74) is 3.05. The lowest BCUT2D eigenvalue weighted by molar-refractivity contribution is 0.195. The number of aliphatic hydroxyl groups excluding tert-OH is 1. The molecule has 0 radical (unpaired) electrons. The second-order valence-electron chi connectivity index (χ2n) is 4.69. The highest BCUT2D eigenvalue weighted by atomic mass is 79.9. The van der Waals surface area contributed by atoms with Crippen molar-refractivity contribution < 1.29 is 9.84 Å². The minimum absolute atomic E-state index is 0.547. The van der Waals surface area contributed by atoms with Crippen LogP contribution in [0.25, 0.3) is 0 Å². The van der Waals surface area contributed by atoms with Gasteiger partial charge in [-0.15, -0.1) is 0 Å². The molecule has 0 bridgehead atoms. The number of hydrogen-bond donors (Lipinski definition) is 1. The van der Waals surface area contributed by atoms with Crippen molar-refractivity contribution in [2.45, 2.75) is 26.9 Å². The fourth-order valence-corrected chi connectivity index (χ4v) is 2.24. The van der Waals surface area contributed by atoms with E-state index < -0.39 is 6.10 Å². The first kappa shape index (κ1) is 14.1. The first-order valence-corrected chi connectivity index (χ1v) is 7.00. The van der Waals surface area contributed by atoms with Crippen molar-refractivity contribution in [3.8, 4) is 11.5 Å². The van der Waals surface area contributed by atoms with Crippen LogP contribution < -0.4 is 4.74 Å². The highest BCUT2D eigenvalue weighted by Gasteiger charge is 2.10. The van der Waals surface area contributed by atoms with E-state index in [2.05, 4.69) is 15.9 Å². The normalized spacial score (nSPS) is 12.3. The Morgan fingerprint density at radius 1 is 1.11 bits per heavy atom. The van der Waals surface area contributed by atoms with Crippen LogP contribution in [0.15, 0.2) is 40.9 Å². The highest BCUT2D eigenvalue weighted by molar-refractivity contribution is 9.10. The summed E-state index contributed by atoms with van der Waals surface area (Å²) in [5, 5.41) is 9.75. The fraction of sp³-hybridized carbons (Fsp3) is 0.250. The summed E-state index contributed by atoms with van der Waals surface area (Å²) in [6, 6.07) is 11.5. The lowest BCUT2D eigenvalue weighted by Gasteiger charge is -2.14. The molecular formula is C16H17BrO2. The fourth-order valence-electron chi connectivity index (χ4n) is 2.01. The van der Waals surface area contributed by atoms with E-state index in [4.69, 9.17) is 4.74 Å². The van der Waals surface area contributed by atoms with Crippen molar-refractivity contribution >= 4 is 15.9 Å². The minimum atomic E-state index is -0.547. The molecule has 0 saturated heterocycles. The molecule has 2 rings (SSSR count). The Kier molecular flexibility index (Phi) is 4.27. The molecule has 1 N–H and O–H groups in total. The molecular weight excluding hydrogens is 304 g/mol. The zero-order valence-electron chi connectivity index (χ0n) is 11.3. The SMILES string of the molecule is Cc1cc(Oc2ccccc2C(C)O)cc(C)c1Br. The predicted molar refractivity (Wildman–Crippen MR) is 80.8 cm³/mol. The third-order valence-corrected chi connectivity index (χ3v) is 4.26. The molecule has 0 aromatic heterocycles. The Hall–Kier alpha value is -1.32. The zero-order valence-corrected chi connectivity index (χ0v) is 12.9. The van der Waals surface area contributed by atoms with Gasteiger partial charge >= 0.3 is 0 Å². The first-order chi connectivity index (χ1) is 8.99. The van der Waals surface area contributed by atoms with Gasteiger partial charge in [-0.05, 0) is 50.1 Å². The maximum atomic E-state index is 9.75. The monoisotopic (exact) mass is 320 g/mol. The number of halogens is 1. The second kappa shape index (κ2) is 5.76. The molecule has 0 amide bonds. The van der Waals surface area contributed by atoms with Crippen LogP contribution in [0.5, 0.6) is 11.5 Å². The molecule has 1 atom stereocenters. The Bertz CT molecular complexity index is 568. The molecule has 0 spiro atoms. The van der Waals surface area contributed by atoms with Crippen LogP contribution in [0.1, 0.15) is 29.7 Å². The molecule has 0 aliphatic carbocycles. The van der Waals surface area contributed by atoms with E-state index in [-0.39, 0.29) is 0 Å². The van der Waals surface area contributed by atoms with E-state index in [1.54, 1.807) is 6.92 Å². The smallest absolute Gasteiger partial charge is 0.133 e. The Morgan fingerprint density at radius 2 is 1.68 bits per heavy atom. The Morgan fingerprint density at radius 3 is 2.26 bits per heavy atom. The summed E-state index contributed by atoms with van der Waals surface area (Å²) in [6.45, 7) is 5.80. The van der Waals surface area contributed by atoms with E-state index >= 15 is 0 Å². The number of ether oxygens (including phenoxy) is 1. The van der Waals surface area contributed by atoms with E-state index in [1.807, 2.05) is 50.2 Å².